The Morgan fingerprint density at radius 3 is 2.39 bits per heavy atom. The zero-order valence-corrected chi connectivity index (χ0v) is 11.9. The zero-order chi connectivity index (χ0) is 17.2. The highest BCUT2D eigenvalue weighted by atomic mass is 19.4. The van der Waals surface area contributed by atoms with Crippen LogP contribution in [0.1, 0.15) is 11.1 Å². The van der Waals surface area contributed by atoms with Gasteiger partial charge in [-0.1, -0.05) is 36.4 Å². The molecule has 4 nitrogen and oxygen atoms in total. The van der Waals surface area contributed by atoms with Gasteiger partial charge in [0.1, 0.15) is 0 Å². The normalized spacial score (nSPS) is 17.2. The summed E-state index contributed by atoms with van der Waals surface area (Å²) in [4.78, 5) is 20.6. The lowest BCUT2D eigenvalue weighted by Gasteiger charge is -2.21. The van der Waals surface area contributed by atoms with Gasteiger partial charge in [0.2, 0.25) is 0 Å². The van der Waals surface area contributed by atoms with Crippen LogP contribution in [0.4, 0.5) is 13.2 Å². The number of carbonyl (C=O) groups is 2. The lowest BCUT2D eigenvalue weighted by atomic mass is 9.85. The van der Waals surface area contributed by atoms with Gasteiger partial charge < -0.3 is 10.8 Å². The van der Waals surface area contributed by atoms with Crippen molar-refractivity contribution in [3.05, 3.63) is 47.5 Å². The second kappa shape index (κ2) is 6.37. The van der Waals surface area contributed by atoms with Crippen molar-refractivity contribution in [2.45, 2.75) is 25.1 Å². The summed E-state index contributed by atoms with van der Waals surface area (Å²) in [6.45, 7) is 0. The highest BCUT2D eigenvalue weighted by molar-refractivity contribution is 5.95. The summed E-state index contributed by atoms with van der Waals surface area (Å²) in [5.41, 5.74) is 8.19. The Balaban J connectivity index is 0.000000236. The molecule has 0 aromatic heterocycles. The maximum Gasteiger partial charge on any atom is 0.490 e. The van der Waals surface area contributed by atoms with Crippen molar-refractivity contribution in [3.63, 3.8) is 0 Å². The molecule has 0 saturated carbocycles. The van der Waals surface area contributed by atoms with Gasteiger partial charge >= 0.3 is 12.1 Å². The molecule has 23 heavy (non-hydrogen) atoms. The van der Waals surface area contributed by atoms with Gasteiger partial charge in [0.05, 0.1) is 6.04 Å². The van der Waals surface area contributed by atoms with Gasteiger partial charge in [-0.15, -0.1) is 0 Å². The fraction of sp³-hybridized carbons (Fsp3) is 0.250. The molecule has 0 bridgehead atoms. The van der Waals surface area contributed by atoms with Crippen molar-refractivity contribution in [1.82, 2.24) is 0 Å². The number of benzene rings is 2. The van der Waals surface area contributed by atoms with Gasteiger partial charge in [-0.05, 0) is 28.3 Å². The minimum absolute atomic E-state index is 0.156. The molecule has 3 N–H and O–H groups in total. The number of alkyl halides is 3. The van der Waals surface area contributed by atoms with Crippen molar-refractivity contribution in [2.24, 2.45) is 5.73 Å². The Morgan fingerprint density at radius 1 is 1.17 bits per heavy atom. The zero-order valence-electron chi connectivity index (χ0n) is 11.9. The Hall–Kier alpha value is -2.41. The Morgan fingerprint density at radius 2 is 1.78 bits per heavy atom. The predicted molar refractivity (Wildman–Crippen MR) is 78.0 cm³/mol. The number of halogens is 3. The maximum atomic E-state index is 11.7. The van der Waals surface area contributed by atoms with E-state index in [9.17, 15) is 18.0 Å². The molecule has 0 radical (unpaired) electrons. The number of rotatable bonds is 0. The third-order valence-electron chi connectivity index (χ3n) is 3.58. The molecule has 0 aliphatic heterocycles. The van der Waals surface area contributed by atoms with Gasteiger partial charge in [-0.2, -0.15) is 13.2 Å². The molecule has 122 valence electrons. The highest BCUT2D eigenvalue weighted by Gasteiger charge is 2.38. The summed E-state index contributed by atoms with van der Waals surface area (Å²) >= 11 is 0. The van der Waals surface area contributed by atoms with Crippen LogP contribution in [0.5, 0.6) is 0 Å². The van der Waals surface area contributed by atoms with Crippen LogP contribution < -0.4 is 5.73 Å². The number of hydrogen-bond donors (Lipinski definition) is 2. The van der Waals surface area contributed by atoms with E-state index in [4.69, 9.17) is 15.6 Å². The van der Waals surface area contributed by atoms with Crippen LogP contribution in [0.25, 0.3) is 10.8 Å². The third-order valence-corrected chi connectivity index (χ3v) is 3.58. The van der Waals surface area contributed by atoms with Crippen LogP contribution in [-0.2, 0) is 22.4 Å². The van der Waals surface area contributed by atoms with Crippen LogP contribution in [0.15, 0.2) is 36.4 Å². The number of Topliss-reactive ketones (excluding diaryl/α,β-unsaturated/α-hetero) is 1. The number of carboxylic acids is 1. The number of fused-ring (bicyclic) bond motifs is 3. The number of ketones is 1. The van der Waals surface area contributed by atoms with Crippen molar-refractivity contribution < 1.29 is 27.9 Å². The summed E-state index contributed by atoms with van der Waals surface area (Å²) in [5, 5.41) is 9.52. The lowest BCUT2D eigenvalue weighted by Crippen LogP contribution is -2.37. The molecule has 1 aliphatic rings. The average molecular weight is 325 g/mol. The predicted octanol–water partition coefficient (Wildman–Crippen LogP) is 2.47. The molecule has 2 aromatic carbocycles. The minimum atomic E-state index is -5.08. The number of hydrogen-bond acceptors (Lipinski definition) is 3. The molecule has 1 atom stereocenters. The van der Waals surface area contributed by atoms with Gasteiger partial charge in [-0.3, -0.25) is 4.79 Å². The number of carbonyl (C=O) groups excluding carboxylic acids is 1. The molecule has 1 unspecified atom stereocenters. The van der Waals surface area contributed by atoms with Gasteiger partial charge in [-0.25, -0.2) is 4.79 Å². The molecule has 0 fully saturated rings. The molecule has 0 amide bonds. The largest absolute Gasteiger partial charge is 0.490 e. The highest BCUT2D eigenvalue weighted by Crippen LogP contribution is 2.27. The van der Waals surface area contributed by atoms with Crippen LogP contribution >= 0.6 is 0 Å². The summed E-state index contributed by atoms with van der Waals surface area (Å²) in [6.07, 6.45) is -3.92. The van der Waals surface area contributed by atoms with Crippen molar-refractivity contribution in [1.29, 1.82) is 0 Å². The van der Waals surface area contributed by atoms with E-state index < -0.39 is 12.1 Å². The van der Waals surface area contributed by atoms with Gasteiger partial charge in [0.15, 0.2) is 5.78 Å². The first-order valence-corrected chi connectivity index (χ1v) is 6.78. The van der Waals surface area contributed by atoms with E-state index in [1.165, 1.54) is 21.9 Å². The van der Waals surface area contributed by atoms with E-state index in [1.807, 2.05) is 12.1 Å². The average Bonchev–Trinajstić information content (AvgIpc) is 2.48. The molecular formula is C16H14F3NO3. The molecule has 0 heterocycles. The Bertz CT molecular complexity index is 756. The maximum absolute atomic E-state index is 11.7. The molecule has 0 spiro atoms. The van der Waals surface area contributed by atoms with Crippen molar-refractivity contribution >= 4 is 22.5 Å². The molecular weight excluding hydrogens is 311 g/mol. The number of carboxylic acid groups (broad SMARTS) is 1. The Labute approximate surface area is 129 Å². The first kappa shape index (κ1) is 17.0. The SMILES string of the molecule is NC1Cc2ccc3ccccc3c2CC1=O.O=C(O)C(F)(F)F. The Kier molecular flexibility index (Phi) is 4.70. The van der Waals surface area contributed by atoms with Crippen LogP contribution in [0.2, 0.25) is 0 Å². The quantitative estimate of drug-likeness (QED) is 0.780. The van der Waals surface area contributed by atoms with E-state index in [2.05, 4.69) is 24.3 Å². The van der Waals surface area contributed by atoms with E-state index >= 15 is 0 Å². The molecule has 0 saturated heterocycles. The monoisotopic (exact) mass is 325 g/mol. The molecule has 1 aliphatic carbocycles. The van der Waals surface area contributed by atoms with Crippen LogP contribution in [0.3, 0.4) is 0 Å². The van der Waals surface area contributed by atoms with Gasteiger partial charge in [0, 0.05) is 6.42 Å². The van der Waals surface area contributed by atoms with E-state index in [0.29, 0.717) is 12.8 Å². The molecule has 2 aromatic rings. The minimum Gasteiger partial charge on any atom is -0.475 e. The van der Waals surface area contributed by atoms with E-state index in [-0.39, 0.29) is 11.8 Å². The summed E-state index contributed by atoms with van der Waals surface area (Å²) in [5.74, 6) is -2.60. The summed E-state index contributed by atoms with van der Waals surface area (Å²) < 4.78 is 31.7. The summed E-state index contributed by atoms with van der Waals surface area (Å²) in [7, 11) is 0. The fourth-order valence-electron chi connectivity index (χ4n) is 2.44. The summed E-state index contributed by atoms with van der Waals surface area (Å²) in [6, 6.07) is 12.1. The van der Waals surface area contributed by atoms with Crippen molar-refractivity contribution in [3.8, 4) is 0 Å². The topological polar surface area (TPSA) is 80.4 Å². The van der Waals surface area contributed by atoms with E-state index in [1.54, 1.807) is 0 Å². The second-order valence-corrected chi connectivity index (χ2v) is 5.18. The fourth-order valence-corrected chi connectivity index (χ4v) is 2.44. The van der Waals surface area contributed by atoms with Crippen molar-refractivity contribution in [2.75, 3.05) is 0 Å². The lowest BCUT2D eigenvalue weighted by molar-refractivity contribution is -0.192. The first-order chi connectivity index (χ1) is 10.7. The first-order valence-electron chi connectivity index (χ1n) is 6.78. The van der Waals surface area contributed by atoms with Gasteiger partial charge in [0.25, 0.3) is 0 Å². The van der Waals surface area contributed by atoms with Crippen LogP contribution in [0, 0.1) is 0 Å². The third kappa shape index (κ3) is 3.87. The molecule has 7 heteroatoms. The standard InChI is InChI=1S/C14H13NO.C2HF3O2/c15-13-7-10-6-5-9-3-1-2-4-11(9)12(10)8-14(13)16;3-2(4,5)1(6)7/h1-6,13H,7-8,15H2;(H,6,7). The second-order valence-electron chi connectivity index (χ2n) is 5.18. The van der Waals surface area contributed by atoms with E-state index in [0.717, 1.165) is 0 Å². The number of aliphatic carboxylic acids is 1. The molecule has 3 rings (SSSR count). The number of nitrogens with two attached hydrogens (primary N) is 1. The van der Waals surface area contributed by atoms with Crippen LogP contribution in [-0.4, -0.2) is 29.1 Å². The smallest absolute Gasteiger partial charge is 0.475 e.